The van der Waals surface area contributed by atoms with E-state index in [0.29, 0.717) is 0 Å². The van der Waals surface area contributed by atoms with E-state index >= 15 is 0 Å². The van der Waals surface area contributed by atoms with Crippen LogP contribution in [0.25, 0.3) is 11.1 Å². The Hall–Kier alpha value is -2.84. The van der Waals surface area contributed by atoms with Crippen molar-refractivity contribution in [3.8, 4) is 5.75 Å². The fourth-order valence-electron chi connectivity index (χ4n) is 4.23. The van der Waals surface area contributed by atoms with Gasteiger partial charge in [-0.15, -0.1) is 0 Å². The zero-order chi connectivity index (χ0) is 20.6. The summed E-state index contributed by atoms with van der Waals surface area (Å²) in [5.74, 6) is 0.945. The lowest BCUT2D eigenvalue weighted by molar-refractivity contribution is 0.183. The zero-order valence-corrected chi connectivity index (χ0v) is 17.9. The fourth-order valence-corrected chi connectivity index (χ4v) is 4.23. The lowest BCUT2D eigenvalue weighted by atomic mass is 9.90. The number of hydrogen-bond donors (Lipinski definition) is 0. The van der Waals surface area contributed by atoms with Gasteiger partial charge in [0.05, 0.1) is 0 Å². The minimum absolute atomic E-state index is 0.754. The summed E-state index contributed by atoms with van der Waals surface area (Å²) in [4.78, 5) is 2.51. The van der Waals surface area contributed by atoms with Crippen LogP contribution < -0.4 is 4.74 Å². The molecule has 0 saturated carbocycles. The summed E-state index contributed by atoms with van der Waals surface area (Å²) in [6.07, 6.45) is 4.02. The van der Waals surface area contributed by atoms with Crippen molar-refractivity contribution in [3.63, 3.8) is 0 Å². The van der Waals surface area contributed by atoms with Gasteiger partial charge < -0.3 is 4.74 Å². The maximum absolute atomic E-state index is 6.04. The molecule has 1 aliphatic heterocycles. The number of allylic oxidation sites excluding steroid dienone is 1. The van der Waals surface area contributed by atoms with Crippen molar-refractivity contribution in [2.75, 3.05) is 26.2 Å². The summed E-state index contributed by atoms with van der Waals surface area (Å²) in [7, 11) is 0. The van der Waals surface area contributed by atoms with Crippen molar-refractivity contribution in [3.05, 3.63) is 102 Å². The van der Waals surface area contributed by atoms with Gasteiger partial charge in [0.15, 0.2) is 0 Å². The Labute approximate surface area is 180 Å². The highest BCUT2D eigenvalue weighted by Gasteiger charge is 2.12. The minimum Gasteiger partial charge on any atom is -0.492 e. The predicted molar refractivity (Wildman–Crippen MR) is 127 cm³/mol. The average molecular weight is 398 g/mol. The third-order valence-electron chi connectivity index (χ3n) is 5.91. The number of ether oxygens (including phenoxy) is 1. The molecule has 0 unspecified atom stereocenters. The van der Waals surface area contributed by atoms with E-state index in [1.165, 1.54) is 60.2 Å². The SMILES string of the molecule is C/C(=C(\c1ccccc1)c1ccc(OCCN2CCCCC2)cc1)c1ccccc1. The van der Waals surface area contributed by atoms with Crippen LogP contribution in [0.15, 0.2) is 84.9 Å². The summed E-state index contributed by atoms with van der Waals surface area (Å²) in [5.41, 5.74) is 6.24. The molecule has 2 nitrogen and oxygen atoms in total. The standard InChI is InChI=1S/C28H31NO/c1-23(24-11-5-2-6-12-24)28(25-13-7-3-8-14-25)26-15-17-27(18-16-26)30-22-21-29-19-9-4-10-20-29/h2-3,5-8,11-18H,4,9-10,19-22H2,1H3/b28-23-. The van der Waals surface area contributed by atoms with E-state index < -0.39 is 0 Å². The summed E-state index contributed by atoms with van der Waals surface area (Å²) in [5, 5.41) is 0. The molecular weight excluding hydrogens is 366 g/mol. The van der Waals surface area contributed by atoms with E-state index in [1.54, 1.807) is 0 Å². The van der Waals surface area contributed by atoms with Crippen LogP contribution in [-0.4, -0.2) is 31.1 Å². The number of nitrogens with zero attached hydrogens (tertiary/aromatic N) is 1. The van der Waals surface area contributed by atoms with Crippen LogP contribution >= 0.6 is 0 Å². The monoisotopic (exact) mass is 397 g/mol. The Balaban J connectivity index is 1.53. The van der Waals surface area contributed by atoms with Crippen molar-refractivity contribution >= 4 is 11.1 Å². The van der Waals surface area contributed by atoms with Gasteiger partial charge in [-0.25, -0.2) is 0 Å². The van der Waals surface area contributed by atoms with Gasteiger partial charge >= 0.3 is 0 Å². The Bertz CT molecular complexity index is 939. The molecule has 1 aliphatic rings. The molecule has 0 amide bonds. The minimum atomic E-state index is 0.754. The maximum Gasteiger partial charge on any atom is 0.119 e. The maximum atomic E-state index is 6.04. The molecule has 3 aromatic carbocycles. The molecule has 0 atom stereocenters. The highest BCUT2D eigenvalue weighted by atomic mass is 16.5. The van der Waals surface area contributed by atoms with Gasteiger partial charge in [0.1, 0.15) is 12.4 Å². The Morgan fingerprint density at radius 2 is 1.27 bits per heavy atom. The van der Waals surface area contributed by atoms with Crippen molar-refractivity contribution in [2.24, 2.45) is 0 Å². The van der Waals surface area contributed by atoms with Gasteiger partial charge in [0, 0.05) is 6.54 Å². The smallest absolute Gasteiger partial charge is 0.119 e. The highest BCUT2D eigenvalue weighted by molar-refractivity contribution is 5.97. The average Bonchev–Trinajstić information content (AvgIpc) is 2.82. The lowest BCUT2D eigenvalue weighted by Gasteiger charge is -2.26. The Kier molecular flexibility index (Phi) is 6.99. The van der Waals surface area contributed by atoms with Crippen LogP contribution in [0.1, 0.15) is 42.9 Å². The van der Waals surface area contributed by atoms with Gasteiger partial charge in [0.2, 0.25) is 0 Å². The van der Waals surface area contributed by atoms with Crippen molar-refractivity contribution in [1.82, 2.24) is 4.90 Å². The Morgan fingerprint density at radius 1 is 0.700 bits per heavy atom. The molecule has 0 radical (unpaired) electrons. The molecule has 0 spiro atoms. The first-order valence-electron chi connectivity index (χ1n) is 11.1. The molecule has 0 aromatic heterocycles. The second kappa shape index (κ2) is 10.3. The molecule has 3 aromatic rings. The molecule has 4 rings (SSSR count). The Morgan fingerprint density at radius 3 is 1.90 bits per heavy atom. The van der Waals surface area contributed by atoms with Crippen LogP contribution in [0.3, 0.4) is 0 Å². The van der Waals surface area contributed by atoms with Crippen LogP contribution in [0.4, 0.5) is 0 Å². The molecule has 0 bridgehead atoms. The van der Waals surface area contributed by atoms with Crippen LogP contribution in [0.2, 0.25) is 0 Å². The van der Waals surface area contributed by atoms with E-state index in [9.17, 15) is 0 Å². The molecule has 30 heavy (non-hydrogen) atoms. The van der Waals surface area contributed by atoms with Crippen LogP contribution in [-0.2, 0) is 0 Å². The molecule has 1 saturated heterocycles. The number of hydrogen-bond acceptors (Lipinski definition) is 2. The number of likely N-dealkylation sites (tertiary alicyclic amines) is 1. The second-order valence-corrected chi connectivity index (χ2v) is 8.01. The summed E-state index contributed by atoms with van der Waals surface area (Å²) < 4.78 is 6.04. The topological polar surface area (TPSA) is 12.5 Å². The van der Waals surface area contributed by atoms with Gasteiger partial charge in [-0.3, -0.25) is 4.90 Å². The van der Waals surface area contributed by atoms with Gasteiger partial charge in [-0.1, -0.05) is 79.2 Å². The summed E-state index contributed by atoms with van der Waals surface area (Å²) >= 11 is 0. The van der Waals surface area contributed by atoms with E-state index in [2.05, 4.69) is 96.8 Å². The molecule has 1 fully saturated rings. The molecule has 2 heteroatoms. The third-order valence-corrected chi connectivity index (χ3v) is 5.91. The predicted octanol–water partition coefficient (Wildman–Crippen LogP) is 6.53. The number of piperidine rings is 1. The fraction of sp³-hybridized carbons (Fsp3) is 0.286. The second-order valence-electron chi connectivity index (χ2n) is 8.01. The molecular formula is C28H31NO. The summed E-state index contributed by atoms with van der Waals surface area (Å²) in [6.45, 7) is 6.41. The van der Waals surface area contributed by atoms with Crippen molar-refractivity contribution in [1.29, 1.82) is 0 Å². The molecule has 0 aliphatic carbocycles. The third kappa shape index (κ3) is 5.20. The van der Waals surface area contributed by atoms with E-state index in [4.69, 9.17) is 4.74 Å². The zero-order valence-electron chi connectivity index (χ0n) is 17.9. The quantitative estimate of drug-likeness (QED) is 0.420. The van der Waals surface area contributed by atoms with Crippen molar-refractivity contribution < 1.29 is 4.74 Å². The van der Waals surface area contributed by atoms with Crippen LogP contribution in [0, 0.1) is 0 Å². The first-order chi connectivity index (χ1) is 14.8. The van der Waals surface area contributed by atoms with Gasteiger partial charge in [-0.2, -0.15) is 0 Å². The van der Waals surface area contributed by atoms with E-state index in [-0.39, 0.29) is 0 Å². The normalized spacial score (nSPS) is 15.5. The summed E-state index contributed by atoms with van der Waals surface area (Å²) in [6, 6.07) is 29.8. The lowest BCUT2D eigenvalue weighted by Crippen LogP contribution is -2.33. The van der Waals surface area contributed by atoms with E-state index in [1.807, 2.05) is 0 Å². The van der Waals surface area contributed by atoms with Gasteiger partial charge in [0.25, 0.3) is 0 Å². The molecule has 0 N–H and O–H groups in total. The first kappa shape index (κ1) is 20.4. The van der Waals surface area contributed by atoms with Crippen LogP contribution in [0.5, 0.6) is 5.75 Å². The number of rotatable bonds is 7. The first-order valence-corrected chi connectivity index (χ1v) is 11.1. The highest BCUT2D eigenvalue weighted by Crippen LogP contribution is 2.32. The van der Waals surface area contributed by atoms with E-state index in [0.717, 1.165) is 18.9 Å². The van der Waals surface area contributed by atoms with Gasteiger partial charge in [-0.05, 0) is 72.8 Å². The largest absolute Gasteiger partial charge is 0.492 e. The molecule has 154 valence electrons. The molecule has 1 heterocycles. The van der Waals surface area contributed by atoms with Crippen molar-refractivity contribution in [2.45, 2.75) is 26.2 Å². The number of benzene rings is 3.